The van der Waals surface area contributed by atoms with Crippen molar-refractivity contribution in [2.45, 2.75) is 0 Å². The van der Waals surface area contributed by atoms with E-state index < -0.39 is 0 Å². The first-order valence-electron chi connectivity index (χ1n) is 4.70. The summed E-state index contributed by atoms with van der Waals surface area (Å²) in [5.74, 6) is 0.548. The molecular weight excluding hydrogens is 191 g/mol. The minimum atomic E-state index is -0.225. The molecule has 0 aliphatic heterocycles. The van der Waals surface area contributed by atoms with Gasteiger partial charge in [0.1, 0.15) is 11.6 Å². The van der Waals surface area contributed by atoms with Gasteiger partial charge in [0.25, 0.3) is 0 Å². The Balaban J connectivity index is 2.42. The van der Waals surface area contributed by atoms with Crippen LogP contribution in [0.15, 0.2) is 42.6 Å². The maximum absolute atomic E-state index is 13.4. The second-order valence-electron chi connectivity index (χ2n) is 3.16. The van der Waals surface area contributed by atoms with Gasteiger partial charge < -0.3 is 5.32 Å². The molecule has 1 aromatic heterocycles. The Kier molecular flexibility index (Phi) is 2.63. The number of nitrogens with one attached hydrogen (secondary N) is 1. The zero-order valence-electron chi connectivity index (χ0n) is 8.37. The third-order valence-electron chi connectivity index (χ3n) is 2.20. The fourth-order valence-corrected chi connectivity index (χ4v) is 1.40. The summed E-state index contributed by atoms with van der Waals surface area (Å²) in [7, 11) is 1.80. The zero-order chi connectivity index (χ0) is 10.7. The zero-order valence-corrected chi connectivity index (χ0v) is 8.37. The van der Waals surface area contributed by atoms with E-state index in [-0.39, 0.29) is 5.82 Å². The van der Waals surface area contributed by atoms with Crippen molar-refractivity contribution in [1.82, 2.24) is 4.98 Å². The van der Waals surface area contributed by atoms with Crippen molar-refractivity contribution in [2.24, 2.45) is 0 Å². The number of benzene rings is 1. The molecule has 0 aliphatic carbocycles. The molecule has 1 N–H and O–H groups in total. The molecule has 0 unspecified atom stereocenters. The van der Waals surface area contributed by atoms with Crippen LogP contribution in [-0.2, 0) is 0 Å². The minimum Gasteiger partial charge on any atom is -0.373 e. The standard InChI is InChI=1S/C12H11FN2/c1-14-12-7-6-9(8-15-12)10-4-2-3-5-11(10)13/h2-8H,1H3,(H,14,15). The molecule has 76 valence electrons. The Hall–Kier alpha value is -1.90. The summed E-state index contributed by atoms with van der Waals surface area (Å²) < 4.78 is 13.4. The minimum absolute atomic E-state index is 0.225. The van der Waals surface area contributed by atoms with E-state index in [9.17, 15) is 4.39 Å². The van der Waals surface area contributed by atoms with Gasteiger partial charge in [0.05, 0.1) is 0 Å². The van der Waals surface area contributed by atoms with Crippen molar-refractivity contribution in [3.8, 4) is 11.1 Å². The van der Waals surface area contributed by atoms with Crippen molar-refractivity contribution >= 4 is 5.82 Å². The topological polar surface area (TPSA) is 24.9 Å². The van der Waals surface area contributed by atoms with Gasteiger partial charge in [-0.1, -0.05) is 18.2 Å². The first-order chi connectivity index (χ1) is 7.31. The van der Waals surface area contributed by atoms with Crippen molar-refractivity contribution in [3.63, 3.8) is 0 Å². The number of nitrogens with zero attached hydrogens (tertiary/aromatic N) is 1. The Bertz CT molecular complexity index is 451. The van der Waals surface area contributed by atoms with Crippen LogP contribution in [0.4, 0.5) is 10.2 Å². The Morgan fingerprint density at radius 2 is 1.93 bits per heavy atom. The first-order valence-corrected chi connectivity index (χ1v) is 4.70. The predicted octanol–water partition coefficient (Wildman–Crippen LogP) is 2.93. The highest BCUT2D eigenvalue weighted by Gasteiger charge is 2.03. The molecule has 0 amide bonds. The summed E-state index contributed by atoms with van der Waals surface area (Å²) >= 11 is 0. The van der Waals surface area contributed by atoms with Gasteiger partial charge in [-0.2, -0.15) is 0 Å². The molecule has 2 nitrogen and oxygen atoms in total. The number of hydrogen-bond acceptors (Lipinski definition) is 2. The van der Waals surface area contributed by atoms with Gasteiger partial charge in [-0.25, -0.2) is 9.37 Å². The smallest absolute Gasteiger partial charge is 0.131 e. The van der Waals surface area contributed by atoms with Crippen LogP contribution in [0.2, 0.25) is 0 Å². The Morgan fingerprint density at radius 1 is 1.13 bits per heavy atom. The molecule has 2 aromatic rings. The van der Waals surface area contributed by atoms with Crippen molar-refractivity contribution < 1.29 is 4.39 Å². The van der Waals surface area contributed by atoms with Gasteiger partial charge in [0.2, 0.25) is 0 Å². The van der Waals surface area contributed by atoms with Crippen LogP contribution in [0.5, 0.6) is 0 Å². The SMILES string of the molecule is CNc1ccc(-c2ccccc2F)cn1. The number of pyridine rings is 1. The molecule has 15 heavy (non-hydrogen) atoms. The molecule has 1 heterocycles. The van der Waals surface area contributed by atoms with E-state index in [4.69, 9.17) is 0 Å². The van der Waals surface area contributed by atoms with Gasteiger partial charge in [-0.3, -0.25) is 0 Å². The van der Waals surface area contributed by atoms with Crippen LogP contribution in [0.25, 0.3) is 11.1 Å². The quantitative estimate of drug-likeness (QED) is 0.809. The number of halogens is 1. The van der Waals surface area contributed by atoms with E-state index in [1.807, 2.05) is 18.2 Å². The largest absolute Gasteiger partial charge is 0.373 e. The number of aromatic nitrogens is 1. The van der Waals surface area contributed by atoms with Gasteiger partial charge in [0, 0.05) is 24.4 Å². The molecule has 0 saturated heterocycles. The third-order valence-corrected chi connectivity index (χ3v) is 2.20. The molecule has 3 heteroatoms. The lowest BCUT2D eigenvalue weighted by molar-refractivity contribution is 0.631. The van der Waals surface area contributed by atoms with E-state index in [2.05, 4.69) is 10.3 Å². The Labute approximate surface area is 87.8 Å². The summed E-state index contributed by atoms with van der Waals surface area (Å²) in [6, 6.07) is 10.3. The molecule has 0 bridgehead atoms. The van der Waals surface area contributed by atoms with Crippen LogP contribution in [0.3, 0.4) is 0 Å². The molecule has 2 rings (SSSR count). The normalized spacial score (nSPS) is 10.0. The summed E-state index contributed by atoms with van der Waals surface area (Å²) in [6.45, 7) is 0. The fourth-order valence-electron chi connectivity index (χ4n) is 1.40. The van der Waals surface area contributed by atoms with E-state index in [1.165, 1.54) is 6.07 Å². The third kappa shape index (κ3) is 1.96. The molecule has 1 aromatic carbocycles. The van der Waals surface area contributed by atoms with E-state index in [0.717, 1.165) is 11.4 Å². The highest BCUT2D eigenvalue weighted by atomic mass is 19.1. The van der Waals surface area contributed by atoms with E-state index in [0.29, 0.717) is 5.56 Å². The van der Waals surface area contributed by atoms with Crippen LogP contribution in [0, 0.1) is 5.82 Å². The highest BCUT2D eigenvalue weighted by molar-refractivity contribution is 5.64. The summed E-state index contributed by atoms with van der Waals surface area (Å²) in [5, 5.41) is 2.92. The average Bonchev–Trinajstić information content (AvgIpc) is 2.30. The second kappa shape index (κ2) is 4.09. The molecule has 0 aliphatic rings. The van der Waals surface area contributed by atoms with Crippen molar-refractivity contribution in [3.05, 3.63) is 48.4 Å². The average molecular weight is 202 g/mol. The van der Waals surface area contributed by atoms with Crippen molar-refractivity contribution in [1.29, 1.82) is 0 Å². The number of rotatable bonds is 2. The van der Waals surface area contributed by atoms with Crippen LogP contribution in [-0.4, -0.2) is 12.0 Å². The maximum Gasteiger partial charge on any atom is 0.131 e. The predicted molar refractivity (Wildman–Crippen MR) is 59.2 cm³/mol. The molecule has 0 spiro atoms. The first kappa shape index (κ1) is 9.65. The molecule has 0 fully saturated rings. The highest BCUT2D eigenvalue weighted by Crippen LogP contribution is 2.22. The lowest BCUT2D eigenvalue weighted by atomic mass is 10.1. The van der Waals surface area contributed by atoms with E-state index in [1.54, 1.807) is 25.4 Å². The summed E-state index contributed by atoms with van der Waals surface area (Å²) in [6.07, 6.45) is 1.66. The van der Waals surface area contributed by atoms with Crippen LogP contribution in [0.1, 0.15) is 0 Å². The molecule has 0 saturated carbocycles. The molecule has 0 atom stereocenters. The second-order valence-corrected chi connectivity index (χ2v) is 3.16. The van der Waals surface area contributed by atoms with Gasteiger partial charge in [-0.15, -0.1) is 0 Å². The molecule has 0 radical (unpaired) electrons. The molecular formula is C12H11FN2. The lowest BCUT2D eigenvalue weighted by Crippen LogP contribution is -1.92. The van der Waals surface area contributed by atoms with Gasteiger partial charge in [0.15, 0.2) is 0 Å². The number of hydrogen-bond donors (Lipinski definition) is 1. The fraction of sp³-hybridized carbons (Fsp3) is 0.0833. The Morgan fingerprint density at radius 3 is 2.53 bits per heavy atom. The number of anilines is 1. The monoisotopic (exact) mass is 202 g/mol. The van der Waals surface area contributed by atoms with Gasteiger partial charge in [-0.05, 0) is 18.2 Å². The maximum atomic E-state index is 13.4. The summed E-state index contributed by atoms with van der Waals surface area (Å²) in [4.78, 5) is 4.14. The summed E-state index contributed by atoms with van der Waals surface area (Å²) in [5.41, 5.74) is 1.36. The van der Waals surface area contributed by atoms with Gasteiger partial charge >= 0.3 is 0 Å². The van der Waals surface area contributed by atoms with Crippen LogP contribution < -0.4 is 5.32 Å². The lowest BCUT2D eigenvalue weighted by Gasteiger charge is -2.03. The van der Waals surface area contributed by atoms with Crippen molar-refractivity contribution in [2.75, 3.05) is 12.4 Å². The van der Waals surface area contributed by atoms with E-state index >= 15 is 0 Å². The van der Waals surface area contributed by atoms with Crippen LogP contribution >= 0.6 is 0 Å².